The molecule has 0 saturated heterocycles. The van der Waals surface area contributed by atoms with Gasteiger partial charge in [-0.2, -0.15) is 0 Å². The van der Waals surface area contributed by atoms with E-state index in [0.29, 0.717) is 25.0 Å². The van der Waals surface area contributed by atoms with E-state index < -0.39 is 17.9 Å². The van der Waals surface area contributed by atoms with Crippen LogP contribution in [0.4, 0.5) is 0 Å². The second kappa shape index (κ2) is 8.54. The maximum Gasteiger partial charge on any atom is 0.346 e. The van der Waals surface area contributed by atoms with Gasteiger partial charge in [0.2, 0.25) is 0 Å². The van der Waals surface area contributed by atoms with Gasteiger partial charge in [-0.1, -0.05) is 42.5 Å². The highest BCUT2D eigenvalue weighted by Crippen LogP contribution is 2.26. The molecule has 0 spiro atoms. The fourth-order valence-corrected chi connectivity index (χ4v) is 3.12. The van der Waals surface area contributed by atoms with Gasteiger partial charge in [0, 0.05) is 6.42 Å². The molecule has 0 amide bonds. The quantitative estimate of drug-likeness (QED) is 0.571. The maximum atomic E-state index is 12.5. The molecule has 5 heteroatoms. The first-order chi connectivity index (χ1) is 13.1. The second-order valence-corrected chi connectivity index (χ2v) is 6.45. The van der Waals surface area contributed by atoms with E-state index in [2.05, 4.69) is 0 Å². The molecule has 0 saturated carbocycles. The molecular weight excluding hydrogens is 344 g/mol. The third-order valence-electron chi connectivity index (χ3n) is 4.61. The smallest absolute Gasteiger partial charge is 0.346 e. The van der Waals surface area contributed by atoms with Crippen molar-refractivity contribution < 1.29 is 24.2 Å². The van der Waals surface area contributed by atoms with E-state index in [1.807, 2.05) is 54.6 Å². The predicted molar refractivity (Wildman–Crippen MR) is 101 cm³/mol. The molecule has 2 aromatic carbocycles. The lowest BCUT2D eigenvalue weighted by atomic mass is 10.00. The van der Waals surface area contributed by atoms with Crippen molar-refractivity contribution in [3.05, 3.63) is 77.1 Å². The van der Waals surface area contributed by atoms with Crippen molar-refractivity contribution in [1.82, 2.24) is 0 Å². The van der Waals surface area contributed by atoms with Crippen LogP contribution in [0, 0.1) is 0 Å². The predicted octanol–water partition coefficient (Wildman–Crippen LogP) is 3.57. The molecule has 0 aliphatic carbocycles. The molecule has 1 N–H and O–H groups in total. The van der Waals surface area contributed by atoms with Crippen molar-refractivity contribution in [3.63, 3.8) is 0 Å². The number of rotatable bonds is 8. The molecule has 2 aromatic rings. The molecule has 1 aliphatic heterocycles. The van der Waals surface area contributed by atoms with Gasteiger partial charge in [-0.15, -0.1) is 0 Å². The Labute approximate surface area is 158 Å². The average Bonchev–Trinajstić information content (AvgIpc) is 2.99. The Kier molecular flexibility index (Phi) is 5.91. The average molecular weight is 366 g/mol. The number of benzene rings is 2. The van der Waals surface area contributed by atoms with Gasteiger partial charge in [0.1, 0.15) is 11.3 Å². The number of ether oxygens (including phenoxy) is 2. The van der Waals surface area contributed by atoms with Crippen LogP contribution in [0.25, 0.3) is 0 Å². The molecule has 0 aromatic heterocycles. The number of carbonyl (C=O) groups is 2. The number of esters is 1. The van der Waals surface area contributed by atoms with Gasteiger partial charge in [-0.3, -0.25) is 4.79 Å². The minimum atomic E-state index is -0.756. The van der Waals surface area contributed by atoms with E-state index >= 15 is 0 Å². The summed E-state index contributed by atoms with van der Waals surface area (Å²) >= 11 is 0. The molecule has 0 fully saturated rings. The molecule has 3 rings (SSSR count). The molecule has 0 radical (unpaired) electrons. The van der Waals surface area contributed by atoms with Crippen LogP contribution in [0.5, 0.6) is 5.75 Å². The Hall–Kier alpha value is -3.08. The van der Waals surface area contributed by atoms with Gasteiger partial charge in [-0.25, -0.2) is 4.79 Å². The molecule has 5 nitrogen and oxygen atoms in total. The number of cyclic esters (lactones) is 1. The molecule has 140 valence electrons. The van der Waals surface area contributed by atoms with Crippen LogP contribution in [0.2, 0.25) is 0 Å². The standard InChI is InChI=1S/C22H22O5/c1-26-17-9-5-8-16(14-17)10-12-18(23)20-21(24)19(27-22(20)25)13-11-15-6-3-2-4-7-15/h2-9,14,19,24H,10-13H2,1H3. The summed E-state index contributed by atoms with van der Waals surface area (Å²) in [6.45, 7) is 0. The zero-order valence-corrected chi connectivity index (χ0v) is 15.2. The van der Waals surface area contributed by atoms with Crippen molar-refractivity contribution >= 4 is 11.8 Å². The number of carbonyl (C=O) groups excluding carboxylic acids is 2. The van der Waals surface area contributed by atoms with Crippen molar-refractivity contribution in [1.29, 1.82) is 0 Å². The zero-order valence-electron chi connectivity index (χ0n) is 15.2. The first-order valence-corrected chi connectivity index (χ1v) is 8.92. The van der Waals surface area contributed by atoms with E-state index in [9.17, 15) is 14.7 Å². The summed E-state index contributed by atoms with van der Waals surface area (Å²) in [5.41, 5.74) is 1.80. The molecule has 0 bridgehead atoms. The lowest BCUT2D eigenvalue weighted by Crippen LogP contribution is -2.13. The molecular formula is C22H22O5. The Bertz CT molecular complexity index is 854. The molecule has 1 aliphatic rings. The van der Waals surface area contributed by atoms with Crippen molar-refractivity contribution in [3.8, 4) is 5.75 Å². The minimum Gasteiger partial charge on any atom is -0.507 e. The normalized spacial score (nSPS) is 16.3. The molecule has 1 heterocycles. The number of methoxy groups -OCH3 is 1. The highest BCUT2D eigenvalue weighted by Gasteiger charge is 2.37. The Morgan fingerprint density at radius 3 is 2.56 bits per heavy atom. The number of aliphatic hydroxyl groups is 1. The third kappa shape index (κ3) is 4.56. The summed E-state index contributed by atoms with van der Waals surface area (Å²) in [5.74, 6) is -0.668. The van der Waals surface area contributed by atoms with Crippen molar-refractivity contribution in [2.45, 2.75) is 31.8 Å². The lowest BCUT2D eigenvalue weighted by Gasteiger charge is -2.09. The van der Waals surface area contributed by atoms with Crippen LogP contribution in [-0.4, -0.2) is 30.1 Å². The van der Waals surface area contributed by atoms with Gasteiger partial charge in [0.15, 0.2) is 17.6 Å². The SMILES string of the molecule is COc1cccc(CCC(=O)C2=C(O)C(CCc3ccccc3)OC2=O)c1. The Balaban J connectivity index is 1.62. The van der Waals surface area contributed by atoms with E-state index in [4.69, 9.17) is 9.47 Å². The summed E-state index contributed by atoms with van der Waals surface area (Å²) in [5, 5.41) is 10.3. The summed E-state index contributed by atoms with van der Waals surface area (Å²) in [6.07, 6.45) is 0.901. The topological polar surface area (TPSA) is 72.8 Å². The van der Waals surface area contributed by atoms with Crippen LogP contribution >= 0.6 is 0 Å². The van der Waals surface area contributed by atoms with Gasteiger partial charge in [0.05, 0.1) is 7.11 Å². The van der Waals surface area contributed by atoms with E-state index in [1.165, 1.54) is 0 Å². The maximum absolute atomic E-state index is 12.5. The van der Waals surface area contributed by atoms with Crippen LogP contribution in [0.3, 0.4) is 0 Å². The van der Waals surface area contributed by atoms with Crippen molar-refractivity contribution in [2.75, 3.05) is 7.11 Å². The number of aryl methyl sites for hydroxylation is 2. The van der Waals surface area contributed by atoms with Crippen LogP contribution < -0.4 is 4.74 Å². The number of hydrogen-bond donors (Lipinski definition) is 1. The lowest BCUT2D eigenvalue weighted by molar-refractivity contribution is -0.141. The zero-order chi connectivity index (χ0) is 19.2. The molecule has 27 heavy (non-hydrogen) atoms. The van der Waals surface area contributed by atoms with Crippen molar-refractivity contribution in [2.24, 2.45) is 0 Å². The molecule has 1 unspecified atom stereocenters. The fraction of sp³-hybridized carbons (Fsp3) is 0.273. The van der Waals surface area contributed by atoms with Crippen LogP contribution in [-0.2, 0) is 27.2 Å². The van der Waals surface area contributed by atoms with Crippen LogP contribution in [0.15, 0.2) is 65.9 Å². The number of aliphatic hydroxyl groups excluding tert-OH is 1. The van der Waals surface area contributed by atoms with Gasteiger partial charge >= 0.3 is 5.97 Å². The summed E-state index contributed by atoms with van der Waals surface area (Å²) in [7, 11) is 1.58. The van der Waals surface area contributed by atoms with E-state index in [-0.39, 0.29) is 17.8 Å². The van der Waals surface area contributed by atoms with Gasteiger partial charge in [-0.05, 0) is 42.5 Å². The fourth-order valence-electron chi connectivity index (χ4n) is 3.12. The van der Waals surface area contributed by atoms with E-state index in [1.54, 1.807) is 7.11 Å². The number of Topliss-reactive ketones (excluding diaryl/α,β-unsaturated/α-hetero) is 1. The first-order valence-electron chi connectivity index (χ1n) is 8.92. The van der Waals surface area contributed by atoms with Gasteiger partial charge in [0.25, 0.3) is 0 Å². The van der Waals surface area contributed by atoms with E-state index in [0.717, 1.165) is 11.1 Å². The highest BCUT2D eigenvalue weighted by atomic mass is 16.6. The molecule has 1 atom stereocenters. The largest absolute Gasteiger partial charge is 0.507 e. The Morgan fingerprint density at radius 1 is 1.07 bits per heavy atom. The Morgan fingerprint density at radius 2 is 1.81 bits per heavy atom. The highest BCUT2D eigenvalue weighted by molar-refractivity contribution is 6.19. The summed E-state index contributed by atoms with van der Waals surface area (Å²) in [6, 6.07) is 17.1. The summed E-state index contributed by atoms with van der Waals surface area (Å²) < 4.78 is 10.4. The number of hydrogen-bond acceptors (Lipinski definition) is 5. The van der Waals surface area contributed by atoms with Gasteiger partial charge < -0.3 is 14.6 Å². The minimum absolute atomic E-state index is 0.118. The number of ketones is 1. The monoisotopic (exact) mass is 366 g/mol. The summed E-state index contributed by atoms with van der Waals surface area (Å²) in [4.78, 5) is 24.5. The third-order valence-corrected chi connectivity index (χ3v) is 4.61. The second-order valence-electron chi connectivity index (χ2n) is 6.45. The first kappa shape index (κ1) is 18.7. The van der Waals surface area contributed by atoms with Crippen LogP contribution in [0.1, 0.15) is 24.0 Å².